The van der Waals surface area contributed by atoms with Gasteiger partial charge in [-0.05, 0) is 45.2 Å². The monoisotopic (exact) mass is 357 g/mol. The lowest BCUT2D eigenvalue weighted by molar-refractivity contribution is -0.139. The molecule has 2 aromatic rings. The SMILES string of the molecule is CCn1cc(C2CCN(C(=O)C3Cn4c(C)nnc4CN3C)CC2)cn1. The molecule has 8 heteroatoms. The highest BCUT2D eigenvalue weighted by molar-refractivity contribution is 5.82. The minimum absolute atomic E-state index is 0.128. The maximum Gasteiger partial charge on any atom is 0.241 e. The number of carbonyl (C=O) groups excluding carboxylic acids is 1. The predicted molar refractivity (Wildman–Crippen MR) is 96.5 cm³/mol. The summed E-state index contributed by atoms with van der Waals surface area (Å²) in [6.45, 7) is 7.90. The number of fused-ring (bicyclic) bond motifs is 1. The topological polar surface area (TPSA) is 72.1 Å². The van der Waals surface area contributed by atoms with Gasteiger partial charge in [0.2, 0.25) is 5.91 Å². The quantitative estimate of drug-likeness (QED) is 0.820. The summed E-state index contributed by atoms with van der Waals surface area (Å²) < 4.78 is 4.05. The van der Waals surface area contributed by atoms with Crippen LogP contribution in [0.25, 0.3) is 0 Å². The van der Waals surface area contributed by atoms with Crippen molar-refractivity contribution in [2.24, 2.45) is 0 Å². The summed E-state index contributed by atoms with van der Waals surface area (Å²) >= 11 is 0. The number of likely N-dealkylation sites (tertiary alicyclic amines) is 1. The molecule has 0 aliphatic carbocycles. The maximum absolute atomic E-state index is 13.1. The molecule has 2 aliphatic rings. The Labute approximate surface area is 153 Å². The first-order chi connectivity index (χ1) is 12.6. The molecule has 4 rings (SSSR count). The van der Waals surface area contributed by atoms with Crippen LogP contribution in [0, 0.1) is 6.92 Å². The third kappa shape index (κ3) is 3.02. The first kappa shape index (κ1) is 17.2. The molecule has 140 valence electrons. The average molecular weight is 357 g/mol. The lowest BCUT2D eigenvalue weighted by atomic mass is 9.91. The molecule has 0 N–H and O–H groups in total. The molecule has 0 aromatic carbocycles. The van der Waals surface area contributed by atoms with Crippen molar-refractivity contribution in [3.05, 3.63) is 29.6 Å². The molecular weight excluding hydrogens is 330 g/mol. The van der Waals surface area contributed by atoms with Gasteiger partial charge in [0.15, 0.2) is 0 Å². The molecule has 1 fully saturated rings. The zero-order valence-electron chi connectivity index (χ0n) is 15.8. The third-order valence-electron chi connectivity index (χ3n) is 5.83. The minimum atomic E-state index is -0.128. The predicted octanol–water partition coefficient (Wildman–Crippen LogP) is 1.02. The van der Waals surface area contributed by atoms with Crippen LogP contribution >= 0.6 is 0 Å². The first-order valence-electron chi connectivity index (χ1n) is 9.47. The van der Waals surface area contributed by atoms with Gasteiger partial charge in [-0.3, -0.25) is 14.4 Å². The van der Waals surface area contributed by atoms with Gasteiger partial charge in [0.05, 0.1) is 19.3 Å². The summed E-state index contributed by atoms with van der Waals surface area (Å²) in [5.41, 5.74) is 1.30. The van der Waals surface area contributed by atoms with Crippen LogP contribution in [0.1, 0.15) is 42.9 Å². The van der Waals surface area contributed by atoms with E-state index in [4.69, 9.17) is 0 Å². The average Bonchev–Trinajstić information content (AvgIpc) is 3.28. The van der Waals surface area contributed by atoms with E-state index >= 15 is 0 Å². The zero-order valence-corrected chi connectivity index (χ0v) is 15.8. The van der Waals surface area contributed by atoms with Crippen LogP contribution in [-0.4, -0.2) is 66.4 Å². The number of carbonyl (C=O) groups is 1. The standard InChI is InChI=1S/C18H27N7O/c1-4-24-10-15(9-19-24)14-5-7-23(8-6-14)18(26)16-11-25-13(2)20-21-17(25)12-22(16)3/h9-10,14,16H,4-8,11-12H2,1-3H3. The Morgan fingerprint density at radius 1 is 1.27 bits per heavy atom. The smallest absolute Gasteiger partial charge is 0.241 e. The van der Waals surface area contributed by atoms with Crippen molar-refractivity contribution in [2.45, 2.75) is 58.3 Å². The number of hydrogen-bond acceptors (Lipinski definition) is 5. The molecule has 2 aromatic heterocycles. The molecule has 0 bridgehead atoms. The van der Waals surface area contributed by atoms with Gasteiger partial charge in [0, 0.05) is 25.8 Å². The van der Waals surface area contributed by atoms with E-state index in [1.165, 1.54) is 5.56 Å². The second kappa shape index (κ2) is 6.83. The van der Waals surface area contributed by atoms with Crippen LogP contribution in [0.4, 0.5) is 0 Å². The fraction of sp³-hybridized carbons (Fsp3) is 0.667. The van der Waals surface area contributed by atoms with E-state index in [2.05, 4.69) is 37.9 Å². The first-order valence-corrected chi connectivity index (χ1v) is 9.47. The number of piperidine rings is 1. The van der Waals surface area contributed by atoms with Gasteiger partial charge in [-0.2, -0.15) is 5.10 Å². The molecule has 0 radical (unpaired) electrons. The second-order valence-corrected chi connectivity index (χ2v) is 7.43. The summed E-state index contributed by atoms with van der Waals surface area (Å²) in [5, 5.41) is 12.7. The Morgan fingerprint density at radius 2 is 2.04 bits per heavy atom. The van der Waals surface area contributed by atoms with E-state index < -0.39 is 0 Å². The molecular formula is C18H27N7O. The second-order valence-electron chi connectivity index (χ2n) is 7.43. The van der Waals surface area contributed by atoms with Gasteiger partial charge in [-0.15, -0.1) is 10.2 Å². The summed E-state index contributed by atoms with van der Waals surface area (Å²) in [4.78, 5) is 17.2. The largest absolute Gasteiger partial charge is 0.341 e. The van der Waals surface area contributed by atoms with Gasteiger partial charge in [-0.1, -0.05) is 0 Å². The molecule has 1 unspecified atom stereocenters. The Hall–Kier alpha value is -2.22. The van der Waals surface area contributed by atoms with Crippen LogP contribution < -0.4 is 0 Å². The van der Waals surface area contributed by atoms with Crippen LogP contribution in [0.15, 0.2) is 12.4 Å². The molecule has 8 nitrogen and oxygen atoms in total. The highest BCUT2D eigenvalue weighted by Crippen LogP contribution is 2.29. The van der Waals surface area contributed by atoms with Gasteiger partial charge in [0.1, 0.15) is 17.7 Å². The fourth-order valence-corrected chi connectivity index (χ4v) is 4.10. The number of likely N-dealkylation sites (N-methyl/N-ethyl adjacent to an activating group) is 1. The van der Waals surface area contributed by atoms with E-state index in [9.17, 15) is 4.79 Å². The summed E-state index contributed by atoms with van der Waals surface area (Å²) in [7, 11) is 2.00. The van der Waals surface area contributed by atoms with Crippen LogP contribution in [0.2, 0.25) is 0 Å². The zero-order chi connectivity index (χ0) is 18.3. The highest BCUT2D eigenvalue weighted by Gasteiger charge is 2.35. The van der Waals surface area contributed by atoms with E-state index in [-0.39, 0.29) is 11.9 Å². The van der Waals surface area contributed by atoms with E-state index in [1.807, 2.05) is 29.7 Å². The number of rotatable bonds is 3. The van der Waals surface area contributed by atoms with Crippen molar-refractivity contribution in [3.63, 3.8) is 0 Å². The van der Waals surface area contributed by atoms with Crippen molar-refractivity contribution >= 4 is 5.91 Å². The summed E-state index contributed by atoms with van der Waals surface area (Å²) in [5.74, 6) is 2.57. The van der Waals surface area contributed by atoms with Gasteiger partial charge in [0.25, 0.3) is 0 Å². The summed E-state index contributed by atoms with van der Waals surface area (Å²) in [6.07, 6.45) is 6.15. The number of nitrogens with zero attached hydrogens (tertiary/aromatic N) is 7. The molecule has 4 heterocycles. The van der Waals surface area contributed by atoms with Crippen LogP contribution in [-0.2, 0) is 24.4 Å². The molecule has 1 amide bonds. The fourth-order valence-electron chi connectivity index (χ4n) is 4.10. The minimum Gasteiger partial charge on any atom is -0.341 e. The lowest BCUT2D eigenvalue weighted by Crippen LogP contribution is -2.53. The third-order valence-corrected chi connectivity index (χ3v) is 5.83. The van der Waals surface area contributed by atoms with Crippen LogP contribution in [0.3, 0.4) is 0 Å². The molecule has 1 atom stereocenters. The molecule has 26 heavy (non-hydrogen) atoms. The number of aryl methyl sites for hydroxylation is 2. The van der Waals surface area contributed by atoms with Gasteiger partial charge in [-0.25, -0.2) is 0 Å². The molecule has 2 aliphatic heterocycles. The lowest BCUT2D eigenvalue weighted by Gasteiger charge is -2.38. The van der Waals surface area contributed by atoms with Crippen molar-refractivity contribution in [2.75, 3.05) is 20.1 Å². The number of aromatic nitrogens is 5. The molecule has 1 saturated heterocycles. The van der Waals surface area contributed by atoms with E-state index in [0.717, 1.165) is 44.1 Å². The molecule has 0 saturated carbocycles. The van der Waals surface area contributed by atoms with Crippen LogP contribution in [0.5, 0.6) is 0 Å². The Bertz CT molecular complexity index is 787. The normalized spacial score (nSPS) is 21.8. The van der Waals surface area contributed by atoms with Gasteiger partial charge < -0.3 is 9.47 Å². The summed E-state index contributed by atoms with van der Waals surface area (Å²) in [6, 6.07) is -0.128. The van der Waals surface area contributed by atoms with E-state index in [1.54, 1.807) is 0 Å². The van der Waals surface area contributed by atoms with Crippen molar-refractivity contribution in [1.82, 2.24) is 34.3 Å². The Balaban J connectivity index is 1.40. The van der Waals surface area contributed by atoms with E-state index in [0.29, 0.717) is 19.0 Å². The number of hydrogen-bond donors (Lipinski definition) is 0. The maximum atomic E-state index is 13.1. The van der Waals surface area contributed by atoms with Crippen molar-refractivity contribution < 1.29 is 4.79 Å². The Morgan fingerprint density at radius 3 is 2.73 bits per heavy atom. The Kier molecular flexibility index (Phi) is 4.52. The van der Waals surface area contributed by atoms with Gasteiger partial charge >= 0.3 is 0 Å². The number of amides is 1. The highest BCUT2D eigenvalue weighted by atomic mass is 16.2. The molecule has 0 spiro atoms. The van der Waals surface area contributed by atoms with Crippen molar-refractivity contribution in [1.29, 1.82) is 0 Å². The van der Waals surface area contributed by atoms with Crippen molar-refractivity contribution in [3.8, 4) is 0 Å².